The van der Waals surface area contributed by atoms with Crippen LogP contribution in [0.15, 0.2) is 61.1 Å². The van der Waals surface area contributed by atoms with Crippen molar-refractivity contribution in [2.45, 2.75) is 0 Å². The minimum atomic E-state index is 0.776. The maximum atomic E-state index is 4.11. The van der Waals surface area contributed by atoms with Gasteiger partial charge in [0.2, 0.25) is 0 Å². The van der Waals surface area contributed by atoms with E-state index in [4.69, 9.17) is 0 Å². The summed E-state index contributed by atoms with van der Waals surface area (Å²) in [7, 11) is 0. The Balaban J connectivity index is 1.95. The highest BCUT2D eigenvalue weighted by molar-refractivity contribution is 5.90. The summed E-state index contributed by atoms with van der Waals surface area (Å²) in [5.41, 5.74) is 6.03. The molecular formula is C17H12N5. The van der Waals surface area contributed by atoms with Crippen LogP contribution in [0.25, 0.3) is 33.5 Å². The van der Waals surface area contributed by atoms with Gasteiger partial charge in [-0.25, -0.2) is 0 Å². The van der Waals surface area contributed by atoms with Gasteiger partial charge < -0.3 is 0 Å². The topological polar surface area (TPSA) is 70.2 Å². The molecule has 5 heteroatoms. The number of aromatic amines is 2. The summed E-state index contributed by atoms with van der Waals surface area (Å²) in [6.07, 6.45) is 5.48. The maximum absolute atomic E-state index is 4.11. The Morgan fingerprint density at radius 2 is 1.73 bits per heavy atom. The van der Waals surface area contributed by atoms with E-state index in [0.717, 1.165) is 33.5 Å². The first-order valence-electron chi connectivity index (χ1n) is 6.89. The van der Waals surface area contributed by atoms with Crippen LogP contribution in [0, 0.1) is 6.07 Å². The number of hydrogen-bond acceptors (Lipinski definition) is 3. The van der Waals surface area contributed by atoms with Gasteiger partial charge in [0.25, 0.3) is 0 Å². The monoisotopic (exact) mass is 286 g/mol. The predicted molar refractivity (Wildman–Crippen MR) is 83.7 cm³/mol. The lowest BCUT2D eigenvalue weighted by Crippen LogP contribution is -1.88. The molecule has 2 heterocycles. The number of H-pyrrole nitrogens is 2. The molecule has 0 saturated heterocycles. The molecule has 0 bridgehead atoms. The zero-order valence-corrected chi connectivity index (χ0v) is 11.6. The van der Waals surface area contributed by atoms with Crippen molar-refractivity contribution in [3.8, 4) is 33.5 Å². The number of benzene rings is 2. The lowest BCUT2D eigenvalue weighted by molar-refractivity contribution is 0.942. The van der Waals surface area contributed by atoms with E-state index < -0.39 is 0 Å². The van der Waals surface area contributed by atoms with Crippen molar-refractivity contribution in [1.82, 2.24) is 25.6 Å². The van der Waals surface area contributed by atoms with Crippen LogP contribution >= 0.6 is 0 Å². The Bertz CT molecular complexity index is 803. The zero-order chi connectivity index (χ0) is 14.8. The summed E-state index contributed by atoms with van der Waals surface area (Å²) in [5, 5.41) is 17.6. The average molecular weight is 286 g/mol. The van der Waals surface area contributed by atoms with Crippen LogP contribution < -0.4 is 0 Å². The highest BCUT2D eigenvalue weighted by Crippen LogP contribution is 2.36. The number of aromatic nitrogens is 5. The highest BCUT2D eigenvalue weighted by atomic mass is 15.3. The molecule has 0 atom stereocenters. The number of nitrogens with one attached hydrogen (secondary N) is 2. The lowest BCUT2D eigenvalue weighted by atomic mass is 9.92. The standard InChI is InChI=1S/C17H12N5/c1-2-6-14(13(5-1)12-9-18-19-10-12)15-7-3-4-8-16(15)17-11-20-22-21-17/h1-7,9-11H,(H,18,19)(H,20,21,22). The molecule has 0 unspecified atom stereocenters. The quantitative estimate of drug-likeness (QED) is 0.607. The van der Waals surface area contributed by atoms with Crippen molar-refractivity contribution in [3.63, 3.8) is 0 Å². The Morgan fingerprint density at radius 3 is 2.50 bits per heavy atom. The van der Waals surface area contributed by atoms with Gasteiger partial charge in [0.05, 0.1) is 12.4 Å². The molecule has 0 spiro atoms. The highest BCUT2D eigenvalue weighted by Gasteiger charge is 2.13. The SMILES string of the molecule is [c]1cccc(-c2ccccc2-c2cn[nH]c2)c1-c1c[nH]nn1. The third-order valence-electron chi connectivity index (χ3n) is 3.56. The molecule has 0 aliphatic rings. The van der Waals surface area contributed by atoms with E-state index in [1.807, 2.05) is 36.7 Å². The average Bonchev–Trinajstić information content (AvgIpc) is 3.28. The molecule has 4 aromatic rings. The Morgan fingerprint density at radius 1 is 0.864 bits per heavy atom. The summed E-state index contributed by atoms with van der Waals surface area (Å²) in [6.45, 7) is 0. The summed E-state index contributed by atoms with van der Waals surface area (Å²) in [5.74, 6) is 0. The van der Waals surface area contributed by atoms with Crippen LogP contribution in [0.5, 0.6) is 0 Å². The van der Waals surface area contributed by atoms with Crippen LogP contribution in [0.3, 0.4) is 0 Å². The third kappa shape index (κ3) is 2.09. The second kappa shape index (κ2) is 5.29. The van der Waals surface area contributed by atoms with Gasteiger partial charge in [0, 0.05) is 17.3 Å². The van der Waals surface area contributed by atoms with Crippen LogP contribution in [-0.4, -0.2) is 25.6 Å². The van der Waals surface area contributed by atoms with Gasteiger partial charge in [-0.2, -0.15) is 5.10 Å². The van der Waals surface area contributed by atoms with Gasteiger partial charge >= 0.3 is 0 Å². The van der Waals surface area contributed by atoms with E-state index in [0.29, 0.717) is 0 Å². The fraction of sp³-hybridized carbons (Fsp3) is 0. The summed E-state index contributed by atoms with van der Waals surface area (Å²) in [6, 6.07) is 17.4. The fourth-order valence-electron chi connectivity index (χ4n) is 2.56. The molecule has 0 saturated carbocycles. The summed E-state index contributed by atoms with van der Waals surface area (Å²) >= 11 is 0. The van der Waals surface area contributed by atoms with E-state index in [1.165, 1.54) is 0 Å². The van der Waals surface area contributed by atoms with Gasteiger partial charge in [-0.3, -0.25) is 10.2 Å². The Kier molecular flexibility index (Phi) is 3.01. The Labute approximate surface area is 127 Å². The summed E-state index contributed by atoms with van der Waals surface area (Å²) in [4.78, 5) is 0. The molecule has 2 N–H and O–H groups in total. The van der Waals surface area contributed by atoms with Crippen molar-refractivity contribution >= 4 is 0 Å². The van der Waals surface area contributed by atoms with Crippen molar-refractivity contribution in [3.05, 3.63) is 67.1 Å². The summed E-state index contributed by atoms with van der Waals surface area (Å²) < 4.78 is 0. The molecule has 0 aliphatic carbocycles. The molecule has 22 heavy (non-hydrogen) atoms. The first-order valence-corrected chi connectivity index (χ1v) is 6.89. The second-order valence-electron chi connectivity index (χ2n) is 4.85. The number of rotatable bonds is 3. The molecule has 0 aliphatic heterocycles. The van der Waals surface area contributed by atoms with Crippen LogP contribution in [-0.2, 0) is 0 Å². The van der Waals surface area contributed by atoms with E-state index in [2.05, 4.69) is 49.9 Å². The van der Waals surface area contributed by atoms with Crippen molar-refractivity contribution in [2.24, 2.45) is 0 Å². The molecule has 1 radical (unpaired) electrons. The maximum Gasteiger partial charge on any atom is 0.114 e. The second-order valence-corrected chi connectivity index (χ2v) is 4.85. The van der Waals surface area contributed by atoms with Gasteiger partial charge in [0.15, 0.2) is 0 Å². The molecular weight excluding hydrogens is 274 g/mol. The van der Waals surface area contributed by atoms with Crippen molar-refractivity contribution in [1.29, 1.82) is 0 Å². The molecule has 2 aromatic heterocycles. The largest absolute Gasteiger partial charge is 0.285 e. The van der Waals surface area contributed by atoms with E-state index in [-0.39, 0.29) is 0 Å². The smallest absolute Gasteiger partial charge is 0.114 e. The molecule has 4 rings (SSSR count). The van der Waals surface area contributed by atoms with Crippen LogP contribution in [0.2, 0.25) is 0 Å². The first kappa shape index (κ1) is 12.5. The molecule has 105 valence electrons. The first-order chi connectivity index (χ1) is 10.9. The van der Waals surface area contributed by atoms with Gasteiger partial charge in [0.1, 0.15) is 5.69 Å². The van der Waals surface area contributed by atoms with Gasteiger partial charge in [-0.15, -0.1) is 5.10 Å². The van der Waals surface area contributed by atoms with E-state index >= 15 is 0 Å². The van der Waals surface area contributed by atoms with Crippen molar-refractivity contribution in [2.75, 3.05) is 0 Å². The molecule has 2 aromatic carbocycles. The van der Waals surface area contributed by atoms with Gasteiger partial charge in [-0.05, 0) is 22.8 Å². The predicted octanol–water partition coefficient (Wildman–Crippen LogP) is 3.33. The third-order valence-corrected chi connectivity index (χ3v) is 3.56. The van der Waals surface area contributed by atoms with Gasteiger partial charge in [-0.1, -0.05) is 47.7 Å². The van der Waals surface area contributed by atoms with Crippen LogP contribution in [0.4, 0.5) is 0 Å². The lowest BCUT2D eigenvalue weighted by Gasteiger charge is -2.11. The number of hydrogen-bond donors (Lipinski definition) is 2. The molecule has 0 amide bonds. The minimum Gasteiger partial charge on any atom is -0.285 e. The normalized spacial score (nSPS) is 10.7. The minimum absolute atomic E-state index is 0.776. The van der Waals surface area contributed by atoms with Crippen LogP contribution in [0.1, 0.15) is 0 Å². The fourth-order valence-corrected chi connectivity index (χ4v) is 2.56. The zero-order valence-electron chi connectivity index (χ0n) is 11.6. The molecule has 0 fully saturated rings. The number of nitrogens with zero attached hydrogens (tertiary/aromatic N) is 3. The van der Waals surface area contributed by atoms with E-state index in [1.54, 1.807) is 6.20 Å². The Hall–Kier alpha value is -3.21. The van der Waals surface area contributed by atoms with Crippen molar-refractivity contribution < 1.29 is 0 Å². The molecule has 5 nitrogen and oxygen atoms in total. The van der Waals surface area contributed by atoms with E-state index in [9.17, 15) is 0 Å².